The van der Waals surface area contributed by atoms with Gasteiger partial charge in [-0.25, -0.2) is 4.79 Å². The summed E-state index contributed by atoms with van der Waals surface area (Å²) in [7, 11) is 0. The van der Waals surface area contributed by atoms with Gasteiger partial charge >= 0.3 is 18.1 Å². The van der Waals surface area contributed by atoms with Gasteiger partial charge in [-0.1, -0.05) is 94.2 Å². The van der Waals surface area contributed by atoms with Crippen LogP contribution in [0.15, 0.2) is 72.8 Å². The lowest BCUT2D eigenvalue weighted by Gasteiger charge is -2.30. The number of alkyl halides is 3. The topological polar surface area (TPSA) is 57.6 Å². The lowest BCUT2D eigenvalue weighted by Crippen LogP contribution is -2.38. The van der Waals surface area contributed by atoms with E-state index < -0.39 is 29.7 Å². The van der Waals surface area contributed by atoms with E-state index in [0.29, 0.717) is 17.5 Å². The standard InChI is InChI=1S/C35H38F3NO3/c1-3-5-6-7-8-9-10-26-11-13-27(14-12-26)15-16-28-17-19-29(20-18-28)25-39(33(40)34(41)42)32(4-2)30-21-23-31(24-22-30)35(36,37)38/h11-14,17-24,32H,3-10,25H2,1-2H3,(H,41,42). The molecule has 1 amide bonds. The predicted molar refractivity (Wildman–Crippen MR) is 159 cm³/mol. The van der Waals surface area contributed by atoms with Crippen LogP contribution in [-0.2, 0) is 28.7 Å². The molecule has 0 spiro atoms. The van der Waals surface area contributed by atoms with Crippen LogP contribution in [0.1, 0.15) is 98.2 Å². The summed E-state index contributed by atoms with van der Waals surface area (Å²) in [5, 5.41) is 9.44. The van der Waals surface area contributed by atoms with Crippen molar-refractivity contribution in [3.05, 3.63) is 106 Å². The van der Waals surface area contributed by atoms with Crippen LogP contribution in [-0.4, -0.2) is 21.9 Å². The van der Waals surface area contributed by atoms with Crippen molar-refractivity contribution in [2.75, 3.05) is 0 Å². The van der Waals surface area contributed by atoms with Crippen molar-refractivity contribution >= 4 is 11.9 Å². The van der Waals surface area contributed by atoms with Crippen LogP contribution in [0.2, 0.25) is 0 Å². The van der Waals surface area contributed by atoms with Crippen molar-refractivity contribution < 1.29 is 27.9 Å². The average Bonchev–Trinajstić information content (AvgIpc) is 2.98. The third-order valence-corrected chi connectivity index (χ3v) is 7.26. The summed E-state index contributed by atoms with van der Waals surface area (Å²) >= 11 is 0. The number of aryl methyl sites for hydroxylation is 1. The molecule has 0 aromatic heterocycles. The Kier molecular flexibility index (Phi) is 12.2. The van der Waals surface area contributed by atoms with Gasteiger partial charge in [0, 0.05) is 17.7 Å². The second kappa shape index (κ2) is 15.8. The molecule has 3 aromatic rings. The molecule has 7 heteroatoms. The van der Waals surface area contributed by atoms with E-state index in [-0.39, 0.29) is 6.54 Å². The number of hydrogen-bond donors (Lipinski definition) is 1. The first-order valence-electron chi connectivity index (χ1n) is 14.5. The van der Waals surface area contributed by atoms with Gasteiger partial charge in [0.25, 0.3) is 0 Å². The third-order valence-electron chi connectivity index (χ3n) is 7.26. The molecule has 0 aliphatic rings. The monoisotopic (exact) mass is 577 g/mol. The molecule has 0 aliphatic heterocycles. The molecular formula is C35H38F3NO3. The van der Waals surface area contributed by atoms with Crippen LogP contribution >= 0.6 is 0 Å². The van der Waals surface area contributed by atoms with Gasteiger partial charge in [-0.2, -0.15) is 13.2 Å². The quantitative estimate of drug-likeness (QED) is 0.133. The molecule has 3 aromatic carbocycles. The van der Waals surface area contributed by atoms with Gasteiger partial charge < -0.3 is 10.0 Å². The Labute approximate surface area is 246 Å². The SMILES string of the molecule is CCCCCCCCc1ccc(C#Cc2ccc(CN(C(=O)C(=O)O)C(CC)c3ccc(C(F)(F)F)cc3)cc2)cc1. The highest BCUT2D eigenvalue weighted by atomic mass is 19.4. The van der Waals surface area contributed by atoms with Crippen LogP contribution in [0.5, 0.6) is 0 Å². The van der Waals surface area contributed by atoms with Crippen molar-refractivity contribution in [1.29, 1.82) is 0 Å². The van der Waals surface area contributed by atoms with E-state index in [1.54, 1.807) is 31.2 Å². The molecule has 0 heterocycles. The van der Waals surface area contributed by atoms with E-state index in [1.807, 2.05) is 12.1 Å². The number of nitrogens with zero attached hydrogens (tertiary/aromatic N) is 1. The fourth-order valence-corrected chi connectivity index (χ4v) is 4.88. The molecule has 0 bridgehead atoms. The maximum absolute atomic E-state index is 13.0. The largest absolute Gasteiger partial charge is 0.474 e. The number of rotatable bonds is 12. The van der Waals surface area contributed by atoms with Crippen LogP contribution in [0, 0.1) is 11.8 Å². The predicted octanol–water partition coefficient (Wildman–Crippen LogP) is 8.57. The summed E-state index contributed by atoms with van der Waals surface area (Å²) in [4.78, 5) is 25.4. The molecule has 1 atom stereocenters. The first-order valence-corrected chi connectivity index (χ1v) is 14.5. The minimum atomic E-state index is -4.49. The Balaban J connectivity index is 1.66. The van der Waals surface area contributed by atoms with Crippen LogP contribution in [0.25, 0.3) is 0 Å². The van der Waals surface area contributed by atoms with E-state index >= 15 is 0 Å². The molecule has 42 heavy (non-hydrogen) atoms. The highest BCUT2D eigenvalue weighted by Gasteiger charge is 2.32. The van der Waals surface area contributed by atoms with E-state index in [4.69, 9.17) is 0 Å². The Hall–Kier alpha value is -4.05. The summed E-state index contributed by atoms with van der Waals surface area (Å²) in [6.07, 6.45) is 4.53. The number of carboxylic acid groups (broad SMARTS) is 1. The van der Waals surface area contributed by atoms with Crippen molar-refractivity contribution in [1.82, 2.24) is 4.90 Å². The molecule has 222 valence electrons. The average molecular weight is 578 g/mol. The minimum Gasteiger partial charge on any atom is -0.474 e. The van der Waals surface area contributed by atoms with Gasteiger partial charge in [-0.05, 0) is 72.4 Å². The first kappa shape index (κ1) is 32.5. The number of halogens is 3. The number of carbonyl (C=O) groups is 2. The lowest BCUT2D eigenvalue weighted by atomic mass is 9.99. The Morgan fingerprint density at radius 2 is 1.29 bits per heavy atom. The second-order valence-corrected chi connectivity index (χ2v) is 10.4. The molecular weight excluding hydrogens is 539 g/mol. The Morgan fingerprint density at radius 1 is 0.762 bits per heavy atom. The number of carboxylic acids is 1. The van der Waals surface area contributed by atoms with E-state index in [9.17, 15) is 27.9 Å². The molecule has 0 aliphatic carbocycles. The Morgan fingerprint density at radius 3 is 1.79 bits per heavy atom. The van der Waals surface area contributed by atoms with Gasteiger partial charge in [0.1, 0.15) is 0 Å². The van der Waals surface area contributed by atoms with Crippen molar-refractivity contribution in [3.8, 4) is 11.8 Å². The second-order valence-electron chi connectivity index (χ2n) is 10.4. The normalized spacial score (nSPS) is 11.8. The van der Waals surface area contributed by atoms with Crippen molar-refractivity contribution in [2.24, 2.45) is 0 Å². The first-order chi connectivity index (χ1) is 20.1. The lowest BCUT2D eigenvalue weighted by molar-refractivity contribution is -0.157. The molecule has 0 saturated carbocycles. The number of unbranched alkanes of at least 4 members (excludes halogenated alkanes) is 5. The fourth-order valence-electron chi connectivity index (χ4n) is 4.88. The van der Waals surface area contributed by atoms with E-state index in [2.05, 4.69) is 30.9 Å². The number of benzene rings is 3. The van der Waals surface area contributed by atoms with Gasteiger partial charge in [-0.3, -0.25) is 4.79 Å². The van der Waals surface area contributed by atoms with E-state index in [0.717, 1.165) is 29.7 Å². The van der Waals surface area contributed by atoms with Crippen LogP contribution in [0.3, 0.4) is 0 Å². The highest BCUT2D eigenvalue weighted by Crippen LogP contribution is 2.32. The molecule has 3 rings (SSSR count). The van der Waals surface area contributed by atoms with E-state index in [1.165, 1.54) is 61.1 Å². The van der Waals surface area contributed by atoms with Gasteiger partial charge in [0.15, 0.2) is 0 Å². The number of hydrogen-bond acceptors (Lipinski definition) is 2. The van der Waals surface area contributed by atoms with Crippen molar-refractivity contribution in [2.45, 2.75) is 84.0 Å². The molecule has 0 radical (unpaired) electrons. The molecule has 1 unspecified atom stereocenters. The molecule has 0 saturated heterocycles. The summed E-state index contributed by atoms with van der Waals surface area (Å²) < 4.78 is 39.0. The van der Waals surface area contributed by atoms with Crippen molar-refractivity contribution in [3.63, 3.8) is 0 Å². The maximum Gasteiger partial charge on any atom is 0.416 e. The van der Waals surface area contributed by atoms with Gasteiger partial charge in [0.05, 0.1) is 11.6 Å². The molecule has 1 N–H and O–H groups in total. The summed E-state index contributed by atoms with van der Waals surface area (Å²) in [5.41, 5.74) is 3.29. The smallest absolute Gasteiger partial charge is 0.416 e. The number of amides is 1. The zero-order valence-corrected chi connectivity index (χ0v) is 24.2. The summed E-state index contributed by atoms with van der Waals surface area (Å²) in [6.45, 7) is 3.96. The minimum absolute atomic E-state index is 0.0154. The van der Waals surface area contributed by atoms with Crippen LogP contribution < -0.4 is 0 Å². The zero-order chi connectivity index (χ0) is 30.5. The zero-order valence-electron chi connectivity index (χ0n) is 24.2. The summed E-state index contributed by atoms with van der Waals surface area (Å²) in [5.74, 6) is 3.55. The Bertz CT molecular complexity index is 1350. The van der Waals surface area contributed by atoms with Gasteiger partial charge in [0.2, 0.25) is 0 Å². The van der Waals surface area contributed by atoms with Crippen LogP contribution in [0.4, 0.5) is 13.2 Å². The number of carbonyl (C=O) groups excluding carboxylic acids is 1. The fraction of sp³-hybridized carbons (Fsp3) is 0.371. The third kappa shape index (κ3) is 9.80. The highest BCUT2D eigenvalue weighted by molar-refractivity contribution is 6.31. The number of aliphatic carboxylic acids is 1. The molecule has 0 fully saturated rings. The van der Waals surface area contributed by atoms with Gasteiger partial charge in [-0.15, -0.1) is 0 Å². The summed E-state index contributed by atoms with van der Waals surface area (Å²) in [6, 6.07) is 19.2. The molecule has 4 nitrogen and oxygen atoms in total. The maximum atomic E-state index is 13.0.